The third-order valence-electron chi connectivity index (χ3n) is 3.05. The van der Waals surface area contributed by atoms with Gasteiger partial charge in [0.2, 0.25) is 5.91 Å². The van der Waals surface area contributed by atoms with Crippen molar-refractivity contribution in [3.63, 3.8) is 0 Å². The van der Waals surface area contributed by atoms with Crippen LogP contribution >= 0.6 is 15.9 Å². The normalized spacial score (nSPS) is 11.4. The van der Waals surface area contributed by atoms with Crippen molar-refractivity contribution in [1.29, 1.82) is 0 Å². The second-order valence-electron chi connectivity index (χ2n) is 5.48. The van der Waals surface area contributed by atoms with Crippen molar-refractivity contribution in [3.8, 4) is 0 Å². The van der Waals surface area contributed by atoms with Crippen LogP contribution < -0.4 is 5.32 Å². The number of carbonyl (C=O) groups is 1. The Morgan fingerprint density at radius 2 is 2.00 bits per heavy atom. The molecule has 0 radical (unpaired) electrons. The second-order valence-corrected chi connectivity index (χ2v) is 6.27. The third kappa shape index (κ3) is 4.81. The van der Waals surface area contributed by atoms with Gasteiger partial charge < -0.3 is 5.32 Å². The summed E-state index contributed by atoms with van der Waals surface area (Å²) in [6, 6.07) is 6.24. The first kappa shape index (κ1) is 15.2. The molecule has 18 heavy (non-hydrogen) atoms. The molecule has 3 heteroatoms. The van der Waals surface area contributed by atoms with Crippen molar-refractivity contribution in [2.75, 3.05) is 5.33 Å². The van der Waals surface area contributed by atoms with E-state index in [1.807, 2.05) is 6.92 Å². The Bertz CT molecular complexity index is 427. The monoisotopic (exact) mass is 311 g/mol. The molecule has 0 fully saturated rings. The highest BCUT2D eigenvalue weighted by molar-refractivity contribution is 9.09. The van der Waals surface area contributed by atoms with E-state index in [0.29, 0.717) is 6.42 Å². The minimum atomic E-state index is -0.154. The summed E-state index contributed by atoms with van der Waals surface area (Å²) in [6.45, 7) is 8.20. The number of alkyl halides is 1. The van der Waals surface area contributed by atoms with Gasteiger partial charge in [-0.05, 0) is 45.2 Å². The van der Waals surface area contributed by atoms with E-state index in [1.165, 1.54) is 11.1 Å². The minimum absolute atomic E-state index is 0.0923. The maximum Gasteiger partial charge on any atom is 0.224 e. The quantitative estimate of drug-likeness (QED) is 0.828. The number of benzene rings is 1. The zero-order valence-electron chi connectivity index (χ0n) is 11.6. The maximum atomic E-state index is 12.0. The second kappa shape index (κ2) is 6.37. The molecule has 1 N–H and O–H groups in total. The van der Waals surface area contributed by atoms with Gasteiger partial charge in [-0.3, -0.25) is 4.79 Å². The molecule has 2 nitrogen and oxygen atoms in total. The minimum Gasteiger partial charge on any atom is -0.351 e. The molecule has 0 saturated carbocycles. The van der Waals surface area contributed by atoms with Gasteiger partial charge in [-0.2, -0.15) is 0 Å². The summed E-state index contributed by atoms with van der Waals surface area (Å²) < 4.78 is 0. The molecular formula is C15H22BrNO. The molecule has 1 amide bonds. The van der Waals surface area contributed by atoms with E-state index in [0.717, 1.165) is 17.3 Å². The molecule has 0 aromatic heterocycles. The van der Waals surface area contributed by atoms with Crippen LogP contribution in [0, 0.1) is 13.8 Å². The smallest absolute Gasteiger partial charge is 0.224 e. The van der Waals surface area contributed by atoms with Gasteiger partial charge in [0.1, 0.15) is 0 Å². The molecule has 0 saturated heterocycles. The van der Waals surface area contributed by atoms with Crippen molar-refractivity contribution in [3.05, 3.63) is 34.9 Å². The van der Waals surface area contributed by atoms with Gasteiger partial charge in [-0.15, -0.1) is 0 Å². The standard InChI is InChI=1S/C15H22BrNO/c1-11-5-6-12(2)13(9-11)10-14(18)17-15(3,4)7-8-16/h5-6,9H,7-8,10H2,1-4H3,(H,17,18). The Balaban J connectivity index is 2.67. The molecule has 0 spiro atoms. The lowest BCUT2D eigenvalue weighted by molar-refractivity contribution is -0.122. The number of rotatable bonds is 5. The Kier molecular flexibility index (Phi) is 5.39. The first-order chi connectivity index (χ1) is 8.34. The van der Waals surface area contributed by atoms with Crippen LogP contribution in [-0.2, 0) is 11.2 Å². The van der Waals surface area contributed by atoms with E-state index in [4.69, 9.17) is 0 Å². The van der Waals surface area contributed by atoms with Crippen LogP contribution in [0.3, 0.4) is 0 Å². The molecule has 1 aromatic rings. The molecule has 0 aliphatic heterocycles. The Labute approximate surface area is 118 Å². The van der Waals surface area contributed by atoms with Gasteiger partial charge in [0.15, 0.2) is 0 Å². The summed E-state index contributed by atoms with van der Waals surface area (Å²) in [4.78, 5) is 12.0. The van der Waals surface area contributed by atoms with Crippen molar-refractivity contribution < 1.29 is 4.79 Å². The Morgan fingerprint density at radius 1 is 1.33 bits per heavy atom. The van der Waals surface area contributed by atoms with Crippen LogP contribution in [0.2, 0.25) is 0 Å². The molecule has 0 heterocycles. The summed E-state index contributed by atoms with van der Waals surface area (Å²) in [7, 11) is 0. The average molecular weight is 312 g/mol. The fourth-order valence-electron chi connectivity index (χ4n) is 1.88. The average Bonchev–Trinajstić information content (AvgIpc) is 2.22. The SMILES string of the molecule is Cc1ccc(C)c(CC(=O)NC(C)(C)CCBr)c1. The van der Waals surface area contributed by atoms with Crippen molar-refractivity contribution in [1.82, 2.24) is 5.32 Å². The summed E-state index contributed by atoms with van der Waals surface area (Å²) in [5.41, 5.74) is 3.33. The molecule has 0 aliphatic carbocycles. The van der Waals surface area contributed by atoms with Crippen LogP contribution in [0.15, 0.2) is 18.2 Å². The van der Waals surface area contributed by atoms with Crippen LogP contribution in [-0.4, -0.2) is 16.8 Å². The van der Waals surface area contributed by atoms with E-state index in [-0.39, 0.29) is 11.4 Å². The van der Waals surface area contributed by atoms with Crippen molar-refractivity contribution in [2.45, 2.75) is 46.1 Å². The zero-order valence-corrected chi connectivity index (χ0v) is 13.2. The van der Waals surface area contributed by atoms with E-state index in [9.17, 15) is 4.79 Å². The Hall–Kier alpha value is -0.830. The molecule has 0 unspecified atom stereocenters. The van der Waals surface area contributed by atoms with Crippen molar-refractivity contribution in [2.24, 2.45) is 0 Å². The van der Waals surface area contributed by atoms with Gasteiger partial charge in [0.25, 0.3) is 0 Å². The van der Waals surface area contributed by atoms with E-state index in [2.05, 4.69) is 60.2 Å². The molecule has 0 bridgehead atoms. The molecule has 0 aliphatic rings. The predicted molar refractivity (Wildman–Crippen MR) is 80.3 cm³/mol. The summed E-state index contributed by atoms with van der Waals surface area (Å²) >= 11 is 3.41. The molecule has 1 rings (SSSR count). The number of hydrogen-bond acceptors (Lipinski definition) is 1. The molecule has 100 valence electrons. The lowest BCUT2D eigenvalue weighted by Crippen LogP contribution is -2.44. The lowest BCUT2D eigenvalue weighted by Gasteiger charge is -2.25. The van der Waals surface area contributed by atoms with Gasteiger partial charge in [-0.1, -0.05) is 39.7 Å². The topological polar surface area (TPSA) is 29.1 Å². The largest absolute Gasteiger partial charge is 0.351 e. The third-order valence-corrected chi connectivity index (χ3v) is 3.45. The highest BCUT2D eigenvalue weighted by Crippen LogP contribution is 2.14. The molecular weight excluding hydrogens is 290 g/mol. The predicted octanol–water partition coefficient (Wildman–Crippen LogP) is 3.53. The first-order valence-corrected chi connectivity index (χ1v) is 7.39. The van der Waals surface area contributed by atoms with E-state index < -0.39 is 0 Å². The summed E-state index contributed by atoms with van der Waals surface area (Å²) in [5.74, 6) is 0.0923. The molecule has 1 aromatic carbocycles. The van der Waals surface area contributed by atoms with Gasteiger partial charge >= 0.3 is 0 Å². The summed E-state index contributed by atoms with van der Waals surface area (Å²) in [5, 5.41) is 3.98. The highest BCUT2D eigenvalue weighted by atomic mass is 79.9. The fourth-order valence-corrected chi connectivity index (χ4v) is 2.88. The zero-order chi connectivity index (χ0) is 13.8. The van der Waals surface area contributed by atoms with Gasteiger partial charge in [0.05, 0.1) is 6.42 Å². The lowest BCUT2D eigenvalue weighted by atomic mass is 9.99. The van der Waals surface area contributed by atoms with Crippen LogP contribution in [0.25, 0.3) is 0 Å². The number of aryl methyl sites for hydroxylation is 2. The van der Waals surface area contributed by atoms with Crippen LogP contribution in [0.5, 0.6) is 0 Å². The molecule has 0 atom stereocenters. The maximum absolute atomic E-state index is 12.0. The summed E-state index contributed by atoms with van der Waals surface area (Å²) in [6.07, 6.45) is 1.38. The Morgan fingerprint density at radius 3 is 2.61 bits per heavy atom. The van der Waals surface area contributed by atoms with E-state index in [1.54, 1.807) is 0 Å². The number of carbonyl (C=O) groups excluding carboxylic acids is 1. The first-order valence-electron chi connectivity index (χ1n) is 6.27. The van der Waals surface area contributed by atoms with Crippen LogP contribution in [0.1, 0.15) is 37.0 Å². The number of halogens is 1. The van der Waals surface area contributed by atoms with Gasteiger partial charge in [-0.25, -0.2) is 0 Å². The van der Waals surface area contributed by atoms with Crippen LogP contribution in [0.4, 0.5) is 0 Å². The van der Waals surface area contributed by atoms with E-state index >= 15 is 0 Å². The van der Waals surface area contributed by atoms with Gasteiger partial charge in [0, 0.05) is 10.9 Å². The number of hydrogen-bond donors (Lipinski definition) is 1. The fraction of sp³-hybridized carbons (Fsp3) is 0.533. The number of amides is 1. The number of nitrogens with one attached hydrogen (secondary N) is 1. The highest BCUT2D eigenvalue weighted by Gasteiger charge is 2.19. The van der Waals surface area contributed by atoms with Crippen molar-refractivity contribution >= 4 is 21.8 Å².